The second-order valence-corrected chi connectivity index (χ2v) is 6.70. The zero-order chi connectivity index (χ0) is 20.3. The van der Waals surface area contributed by atoms with Crippen LogP contribution in [-0.4, -0.2) is 23.2 Å². The molecular formula is C20H14Cl2N2O4. The summed E-state index contributed by atoms with van der Waals surface area (Å²) in [6.07, 6.45) is 1.35. The van der Waals surface area contributed by atoms with E-state index >= 15 is 0 Å². The fourth-order valence-electron chi connectivity index (χ4n) is 2.53. The number of furan rings is 1. The van der Waals surface area contributed by atoms with Gasteiger partial charge in [-0.3, -0.25) is 4.79 Å². The molecule has 1 heterocycles. The molecule has 28 heavy (non-hydrogen) atoms. The first-order valence-electron chi connectivity index (χ1n) is 8.08. The minimum Gasteiger partial charge on any atom is -0.478 e. The minimum absolute atomic E-state index is 0.207. The van der Waals surface area contributed by atoms with Crippen LogP contribution >= 0.6 is 23.2 Å². The highest BCUT2D eigenvalue weighted by atomic mass is 35.5. The average molecular weight is 417 g/mol. The predicted octanol–water partition coefficient (Wildman–Crippen LogP) is 5.02. The van der Waals surface area contributed by atoms with Gasteiger partial charge in [0.25, 0.3) is 5.91 Å². The van der Waals surface area contributed by atoms with Crippen LogP contribution in [0.25, 0.3) is 11.3 Å². The Morgan fingerprint density at radius 2 is 1.89 bits per heavy atom. The van der Waals surface area contributed by atoms with E-state index in [1.54, 1.807) is 37.3 Å². The maximum absolute atomic E-state index is 12.1. The quantitative estimate of drug-likeness (QED) is 0.450. The lowest BCUT2D eigenvalue weighted by atomic mass is 10.0. The van der Waals surface area contributed by atoms with Gasteiger partial charge < -0.3 is 9.52 Å². The number of hydrazone groups is 1. The monoisotopic (exact) mass is 416 g/mol. The standard InChI is InChI=1S/C20H14Cl2N2O4/c1-11-8-12(20(26)27)2-5-15(11)18-7-4-14(28-18)10-23-24-19(25)16-6-3-13(21)9-17(16)22/h2-10H,1H3,(H,24,25)(H,26,27)/b23-10-. The maximum atomic E-state index is 12.1. The van der Waals surface area contributed by atoms with Crippen LogP contribution in [0.15, 0.2) is 58.0 Å². The Morgan fingerprint density at radius 3 is 2.57 bits per heavy atom. The van der Waals surface area contributed by atoms with Gasteiger partial charge in [-0.2, -0.15) is 5.10 Å². The van der Waals surface area contributed by atoms with Crippen molar-refractivity contribution in [2.75, 3.05) is 0 Å². The Morgan fingerprint density at radius 1 is 1.11 bits per heavy atom. The van der Waals surface area contributed by atoms with Gasteiger partial charge in [-0.15, -0.1) is 0 Å². The summed E-state index contributed by atoms with van der Waals surface area (Å²) < 4.78 is 5.69. The lowest BCUT2D eigenvalue weighted by molar-refractivity contribution is 0.0696. The molecule has 1 aromatic heterocycles. The predicted molar refractivity (Wildman–Crippen MR) is 107 cm³/mol. The molecule has 0 unspecified atom stereocenters. The summed E-state index contributed by atoms with van der Waals surface area (Å²) in [6, 6.07) is 12.7. The van der Waals surface area contributed by atoms with E-state index in [0.717, 1.165) is 11.1 Å². The van der Waals surface area contributed by atoms with Gasteiger partial charge in [-0.05, 0) is 55.0 Å². The Balaban J connectivity index is 1.71. The van der Waals surface area contributed by atoms with E-state index in [-0.39, 0.29) is 16.1 Å². The first-order valence-corrected chi connectivity index (χ1v) is 8.83. The number of amides is 1. The van der Waals surface area contributed by atoms with Gasteiger partial charge in [0, 0.05) is 10.6 Å². The van der Waals surface area contributed by atoms with Crippen LogP contribution < -0.4 is 5.43 Å². The fourth-order valence-corrected chi connectivity index (χ4v) is 3.02. The lowest BCUT2D eigenvalue weighted by Gasteiger charge is -2.04. The molecule has 2 aromatic carbocycles. The molecule has 0 aliphatic carbocycles. The highest BCUT2D eigenvalue weighted by Gasteiger charge is 2.11. The molecule has 0 radical (unpaired) electrons. The summed E-state index contributed by atoms with van der Waals surface area (Å²) in [5, 5.41) is 13.6. The van der Waals surface area contributed by atoms with E-state index in [9.17, 15) is 9.59 Å². The van der Waals surface area contributed by atoms with Gasteiger partial charge in [-0.1, -0.05) is 29.3 Å². The molecule has 6 nitrogen and oxygen atoms in total. The number of carbonyl (C=O) groups excluding carboxylic acids is 1. The fraction of sp³-hybridized carbons (Fsp3) is 0.0500. The molecule has 3 aromatic rings. The summed E-state index contributed by atoms with van der Waals surface area (Å²) in [6.45, 7) is 1.80. The number of carbonyl (C=O) groups is 2. The molecule has 0 saturated heterocycles. The van der Waals surface area contributed by atoms with Gasteiger partial charge in [0.2, 0.25) is 0 Å². The summed E-state index contributed by atoms with van der Waals surface area (Å²) in [4.78, 5) is 23.1. The number of rotatable bonds is 5. The lowest BCUT2D eigenvalue weighted by Crippen LogP contribution is -2.17. The summed E-state index contributed by atoms with van der Waals surface area (Å²) in [7, 11) is 0. The van der Waals surface area contributed by atoms with Crippen LogP contribution in [0.4, 0.5) is 0 Å². The zero-order valence-corrected chi connectivity index (χ0v) is 16.1. The van der Waals surface area contributed by atoms with Crippen LogP contribution in [0.1, 0.15) is 32.0 Å². The Hall–Kier alpha value is -3.09. The van der Waals surface area contributed by atoms with E-state index in [1.807, 2.05) is 0 Å². The normalized spacial score (nSPS) is 11.0. The van der Waals surface area contributed by atoms with E-state index in [0.29, 0.717) is 16.5 Å². The van der Waals surface area contributed by atoms with Gasteiger partial charge in [0.15, 0.2) is 0 Å². The van der Waals surface area contributed by atoms with E-state index in [1.165, 1.54) is 24.4 Å². The minimum atomic E-state index is -0.988. The number of halogens is 2. The van der Waals surface area contributed by atoms with Crippen LogP contribution in [-0.2, 0) is 0 Å². The van der Waals surface area contributed by atoms with Gasteiger partial charge in [0.05, 0.1) is 22.4 Å². The van der Waals surface area contributed by atoms with Crippen molar-refractivity contribution in [2.45, 2.75) is 6.92 Å². The third-order valence-corrected chi connectivity index (χ3v) is 4.45. The van der Waals surface area contributed by atoms with E-state index in [4.69, 9.17) is 32.7 Å². The van der Waals surface area contributed by atoms with Crippen LogP contribution in [0.2, 0.25) is 10.0 Å². The number of nitrogens with one attached hydrogen (secondary N) is 1. The van der Waals surface area contributed by atoms with Crippen molar-refractivity contribution < 1.29 is 19.1 Å². The van der Waals surface area contributed by atoms with Crippen molar-refractivity contribution in [3.05, 3.63) is 81.0 Å². The van der Waals surface area contributed by atoms with Crippen molar-refractivity contribution in [1.82, 2.24) is 5.43 Å². The van der Waals surface area contributed by atoms with Gasteiger partial charge in [0.1, 0.15) is 11.5 Å². The third-order valence-electron chi connectivity index (χ3n) is 3.90. The first kappa shape index (κ1) is 19.7. The highest BCUT2D eigenvalue weighted by Crippen LogP contribution is 2.26. The molecule has 0 fully saturated rings. The molecule has 8 heteroatoms. The largest absolute Gasteiger partial charge is 0.478 e. The number of aryl methyl sites for hydroxylation is 1. The third kappa shape index (κ3) is 4.42. The smallest absolute Gasteiger partial charge is 0.335 e. The van der Waals surface area contributed by atoms with Gasteiger partial charge >= 0.3 is 5.97 Å². The van der Waals surface area contributed by atoms with Gasteiger partial charge in [-0.25, -0.2) is 10.2 Å². The number of carboxylic acid groups (broad SMARTS) is 1. The molecule has 0 atom stereocenters. The first-order chi connectivity index (χ1) is 13.3. The molecule has 3 rings (SSSR count). The number of carboxylic acids is 1. The molecule has 0 aliphatic heterocycles. The van der Waals surface area contributed by atoms with Crippen molar-refractivity contribution in [3.63, 3.8) is 0 Å². The van der Waals surface area contributed by atoms with Crippen molar-refractivity contribution in [2.24, 2.45) is 5.10 Å². The van der Waals surface area contributed by atoms with Crippen LogP contribution in [0.3, 0.4) is 0 Å². The molecular weight excluding hydrogens is 403 g/mol. The molecule has 1 amide bonds. The second kappa shape index (κ2) is 8.29. The number of benzene rings is 2. The van der Waals surface area contributed by atoms with E-state index in [2.05, 4.69) is 10.5 Å². The Bertz CT molecular complexity index is 1090. The molecule has 2 N–H and O–H groups in total. The molecule has 0 aliphatic rings. The topological polar surface area (TPSA) is 91.9 Å². The molecule has 0 saturated carbocycles. The number of hydrogen-bond donors (Lipinski definition) is 2. The number of hydrogen-bond acceptors (Lipinski definition) is 4. The molecule has 142 valence electrons. The Labute approximate surface area is 170 Å². The zero-order valence-electron chi connectivity index (χ0n) is 14.6. The summed E-state index contributed by atoms with van der Waals surface area (Å²) in [5.74, 6) is -0.495. The van der Waals surface area contributed by atoms with E-state index < -0.39 is 11.9 Å². The van der Waals surface area contributed by atoms with Crippen LogP contribution in [0, 0.1) is 6.92 Å². The number of aromatic carboxylic acids is 1. The van der Waals surface area contributed by atoms with Crippen molar-refractivity contribution >= 4 is 41.3 Å². The van der Waals surface area contributed by atoms with Crippen molar-refractivity contribution in [1.29, 1.82) is 0 Å². The number of nitrogens with zero attached hydrogens (tertiary/aromatic N) is 1. The average Bonchev–Trinajstić information content (AvgIpc) is 3.10. The Kier molecular flexibility index (Phi) is 5.82. The van der Waals surface area contributed by atoms with Crippen LogP contribution in [0.5, 0.6) is 0 Å². The molecule has 0 spiro atoms. The summed E-state index contributed by atoms with van der Waals surface area (Å²) >= 11 is 11.8. The highest BCUT2D eigenvalue weighted by molar-refractivity contribution is 6.36. The summed E-state index contributed by atoms with van der Waals surface area (Å²) in [5.41, 5.74) is 4.35. The maximum Gasteiger partial charge on any atom is 0.335 e. The van der Waals surface area contributed by atoms with Crippen molar-refractivity contribution in [3.8, 4) is 11.3 Å². The SMILES string of the molecule is Cc1cc(C(=O)O)ccc1-c1ccc(/C=N\NC(=O)c2ccc(Cl)cc2Cl)o1. The molecule has 0 bridgehead atoms. The second-order valence-electron chi connectivity index (χ2n) is 5.86.